The van der Waals surface area contributed by atoms with Gasteiger partial charge in [-0.2, -0.15) is 23.5 Å². The number of rotatable bonds is 27. The molecule has 1 saturated carbocycles. The second-order valence-electron chi connectivity index (χ2n) is 13.0. The lowest BCUT2D eigenvalue weighted by molar-refractivity contribution is 0.412. The van der Waals surface area contributed by atoms with E-state index in [0.717, 1.165) is 11.5 Å². The number of phenols is 1. The van der Waals surface area contributed by atoms with Crippen LogP contribution in [0, 0.1) is 0 Å². The number of thioether (sulfide) groups is 2. The molecule has 0 radical (unpaired) electrons. The molecule has 3 heteroatoms. The Labute approximate surface area is 265 Å². The smallest absolute Gasteiger partial charge is 0.123 e. The van der Waals surface area contributed by atoms with Crippen molar-refractivity contribution < 1.29 is 5.11 Å². The summed E-state index contributed by atoms with van der Waals surface area (Å²) in [6.45, 7) is 4.60. The minimum absolute atomic E-state index is 0.571. The van der Waals surface area contributed by atoms with E-state index >= 15 is 0 Å². The summed E-state index contributed by atoms with van der Waals surface area (Å²) in [5.74, 6) is 5.79. The minimum Gasteiger partial charge on any atom is -0.507 e. The maximum absolute atomic E-state index is 11.3. The summed E-state index contributed by atoms with van der Waals surface area (Å²) in [7, 11) is 0. The van der Waals surface area contributed by atoms with Crippen molar-refractivity contribution in [3.63, 3.8) is 0 Å². The second kappa shape index (κ2) is 26.2. The second-order valence-corrected chi connectivity index (χ2v) is 15.2. The Morgan fingerprint density at radius 1 is 0.561 bits per heavy atom. The summed E-state index contributed by atoms with van der Waals surface area (Å²) in [6.07, 6.45) is 34.7. The topological polar surface area (TPSA) is 20.2 Å². The first-order valence-corrected chi connectivity index (χ1v) is 20.6. The molecule has 0 spiro atoms. The van der Waals surface area contributed by atoms with E-state index in [1.54, 1.807) is 0 Å². The van der Waals surface area contributed by atoms with Gasteiger partial charge in [-0.1, -0.05) is 161 Å². The standard InChI is InChI=1S/C38H68OS2/c1-3-5-7-9-11-13-15-17-19-24-28-40-32-34-30-36(38(39)37(31-34)35-26-22-21-23-27-35)33-41-29-25-20-18-16-14-12-10-8-6-4-2/h30-31,35,39H,3-29,32-33H2,1-2H3. The van der Waals surface area contributed by atoms with Crippen LogP contribution in [0.3, 0.4) is 0 Å². The molecule has 1 aromatic carbocycles. The van der Waals surface area contributed by atoms with Gasteiger partial charge in [0.2, 0.25) is 0 Å². The molecule has 0 aliphatic heterocycles. The van der Waals surface area contributed by atoms with Gasteiger partial charge in [-0.25, -0.2) is 0 Å². The summed E-state index contributed by atoms with van der Waals surface area (Å²) in [6, 6.07) is 4.73. The van der Waals surface area contributed by atoms with E-state index in [0.29, 0.717) is 11.7 Å². The molecule has 41 heavy (non-hydrogen) atoms. The Balaban J connectivity index is 1.68. The first kappa shape index (κ1) is 36.9. The highest BCUT2D eigenvalue weighted by Gasteiger charge is 2.21. The van der Waals surface area contributed by atoms with Gasteiger partial charge in [0.15, 0.2) is 0 Å². The van der Waals surface area contributed by atoms with Crippen LogP contribution in [0.5, 0.6) is 5.75 Å². The predicted molar refractivity (Wildman–Crippen MR) is 190 cm³/mol. The van der Waals surface area contributed by atoms with Crippen LogP contribution in [0.2, 0.25) is 0 Å². The van der Waals surface area contributed by atoms with Crippen LogP contribution in [0.25, 0.3) is 0 Å². The van der Waals surface area contributed by atoms with E-state index < -0.39 is 0 Å². The Morgan fingerprint density at radius 2 is 1.00 bits per heavy atom. The number of unbranched alkanes of at least 4 members (excludes halogenated alkanes) is 18. The normalized spacial score (nSPS) is 14.2. The van der Waals surface area contributed by atoms with Crippen LogP contribution in [0.4, 0.5) is 0 Å². The van der Waals surface area contributed by atoms with Gasteiger partial charge in [0.1, 0.15) is 5.75 Å². The molecule has 1 aliphatic rings. The average Bonchev–Trinajstić information content (AvgIpc) is 3.00. The van der Waals surface area contributed by atoms with Crippen molar-refractivity contribution in [2.24, 2.45) is 0 Å². The van der Waals surface area contributed by atoms with Crippen LogP contribution < -0.4 is 0 Å². The predicted octanol–water partition coefficient (Wildman–Crippen LogP) is 13.7. The van der Waals surface area contributed by atoms with Crippen LogP contribution in [-0.4, -0.2) is 16.6 Å². The molecule has 0 unspecified atom stereocenters. The molecular formula is C38H68OS2. The Kier molecular flexibility index (Phi) is 23.5. The van der Waals surface area contributed by atoms with Gasteiger partial charge in [0.25, 0.3) is 0 Å². The van der Waals surface area contributed by atoms with Gasteiger partial charge >= 0.3 is 0 Å². The van der Waals surface area contributed by atoms with Crippen molar-refractivity contribution in [2.75, 3.05) is 11.5 Å². The molecule has 2 rings (SSSR count). The van der Waals surface area contributed by atoms with Gasteiger partial charge in [-0.15, -0.1) is 0 Å². The summed E-state index contributed by atoms with van der Waals surface area (Å²) in [4.78, 5) is 0. The molecule has 0 saturated heterocycles. The van der Waals surface area contributed by atoms with E-state index in [4.69, 9.17) is 0 Å². The molecule has 1 aliphatic carbocycles. The molecule has 238 valence electrons. The largest absolute Gasteiger partial charge is 0.507 e. The zero-order valence-corrected chi connectivity index (χ0v) is 29.1. The first-order valence-electron chi connectivity index (χ1n) is 18.3. The summed E-state index contributed by atoms with van der Waals surface area (Å²) in [5, 5.41) is 11.3. The number of phenolic OH excluding ortho intramolecular Hbond substituents is 1. The minimum atomic E-state index is 0.571. The third kappa shape index (κ3) is 18.2. The highest BCUT2D eigenvalue weighted by Crippen LogP contribution is 2.40. The lowest BCUT2D eigenvalue weighted by atomic mass is 9.82. The van der Waals surface area contributed by atoms with Gasteiger partial charge in [0.05, 0.1) is 0 Å². The molecule has 0 amide bonds. The zero-order valence-electron chi connectivity index (χ0n) is 27.5. The maximum atomic E-state index is 11.3. The lowest BCUT2D eigenvalue weighted by Crippen LogP contribution is -2.06. The van der Waals surface area contributed by atoms with E-state index in [9.17, 15) is 5.11 Å². The molecular weight excluding hydrogens is 537 g/mol. The highest BCUT2D eigenvalue weighted by atomic mass is 32.2. The van der Waals surface area contributed by atoms with Crippen LogP contribution >= 0.6 is 23.5 Å². The van der Waals surface area contributed by atoms with E-state index in [-0.39, 0.29) is 0 Å². The maximum Gasteiger partial charge on any atom is 0.123 e. The molecule has 0 atom stereocenters. The SMILES string of the molecule is CCCCCCCCCCCCSCc1cc(CSCCCCCCCCCCCC)c(O)c(C2CCCCC2)c1. The molecule has 1 fully saturated rings. The van der Waals surface area contributed by atoms with Crippen molar-refractivity contribution in [3.05, 3.63) is 28.8 Å². The number of hydrogen-bond acceptors (Lipinski definition) is 3. The summed E-state index contributed by atoms with van der Waals surface area (Å²) in [5.41, 5.74) is 3.94. The number of hydrogen-bond donors (Lipinski definition) is 1. The number of aromatic hydroxyl groups is 1. The van der Waals surface area contributed by atoms with E-state index in [1.807, 2.05) is 11.8 Å². The average molecular weight is 605 g/mol. The van der Waals surface area contributed by atoms with Crippen molar-refractivity contribution in [3.8, 4) is 5.75 Å². The van der Waals surface area contributed by atoms with Gasteiger partial charge in [0, 0.05) is 17.1 Å². The third-order valence-corrected chi connectivity index (χ3v) is 11.3. The Morgan fingerprint density at radius 3 is 1.49 bits per heavy atom. The van der Waals surface area contributed by atoms with Crippen molar-refractivity contribution in [2.45, 2.75) is 192 Å². The Bertz CT molecular complexity index is 727. The fourth-order valence-electron chi connectivity index (χ4n) is 6.46. The molecule has 1 nitrogen and oxygen atoms in total. The first-order chi connectivity index (χ1) is 20.3. The Hall–Kier alpha value is -0.280. The van der Waals surface area contributed by atoms with Crippen molar-refractivity contribution in [1.29, 1.82) is 0 Å². The van der Waals surface area contributed by atoms with Gasteiger partial charge in [-0.05, 0) is 54.2 Å². The summed E-state index contributed by atoms with van der Waals surface area (Å²) >= 11 is 4.15. The van der Waals surface area contributed by atoms with Crippen LogP contribution in [-0.2, 0) is 11.5 Å². The van der Waals surface area contributed by atoms with Crippen LogP contribution in [0.15, 0.2) is 12.1 Å². The summed E-state index contributed by atoms with van der Waals surface area (Å²) < 4.78 is 0. The number of benzene rings is 1. The van der Waals surface area contributed by atoms with Crippen molar-refractivity contribution in [1.82, 2.24) is 0 Å². The van der Waals surface area contributed by atoms with Gasteiger partial charge in [-0.3, -0.25) is 0 Å². The van der Waals surface area contributed by atoms with Crippen molar-refractivity contribution >= 4 is 23.5 Å². The monoisotopic (exact) mass is 604 g/mol. The molecule has 1 N–H and O–H groups in total. The fraction of sp³-hybridized carbons (Fsp3) is 0.842. The molecule has 0 bridgehead atoms. The van der Waals surface area contributed by atoms with Crippen LogP contribution in [0.1, 0.15) is 197 Å². The van der Waals surface area contributed by atoms with E-state index in [1.165, 1.54) is 189 Å². The fourth-order valence-corrected chi connectivity index (χ4v) is 8.41. The molecule has 1 aromatic rings. The lowest BCUT2D eigenvalue weighted by Gasteiger charge is -2.24. The van der Waals surface area contributed by atoms with Gasteiger partial charge < -0.3 is 5.11 Å². The zero-order chi connectivity index (χ0) is 29.2. The molecule has 0 aromatic heterocycles. The third-order valence-electron chi connectivity index (χ3n) is 9.13. The quantitative estimate of drug-likeness (QED) is 0.101. The molecule has 0 heterocycles. The highest BCUT2D eigenvalue weighted by molar-refractivity contribution is 7.98. The van der Waals surface area contributed by atoms with E-state index in [2.05, 4.69) is 37.7 Å².